The van der Waals surface area contributed by atoms with E-state index in [0.717, 1.165) is 25.1 Å². The third-order valence-electron chi connectivity index (χ3n) is 3.92. The second kappa shape index (κ2) is 6.61. The van der Waals surface area contributed by atoms with Gasteiger partial charge in [0.15, 0.2) is 0 Å². The van der Waals surface area contributed by atoms with Crippen LogP contribution in [0.4, 0.5) is 4.39 Å². The molecule has 0 amide bonds. The van der Waals surface area contributed by atoms with Crippen molar-refractivity contribution in [2.24, 2.45) is 11.7 Å². The highest BCUT2D eigenvalue weighted by atomic mass is 32.1. The Morgan fingerprint density at radius 1 is 1.50 bits per heavy atom. The van der Waals surface area contributed by atoms with E-state index in [4.69, 9.17) is 22.7 Å². The summed E-state index contributed by atoms with van der Waals surface area (Å²) < 4.78 is 19.1. The quantitative estimate of drug-likeness (QED) is 0.866. The Bertz CT molecular complexity index is 495. The lowest BCUT2D eigenvalue weighted by Gasteiger charge is -2.36. The van der Waals surface area contributed by atoms with Gasteiger partial charge in [-0.15, -0.1) is 0 Å². The Kier molecular flexibility index (Phi) is 5.07. The third-order valence-corrected chi connectivity index (χ3v) is 4.16. The van der Waals surface area contributed by atoms with Gasteiger partial charge in [-0.05, 0) is 42.6 Å². The predicted octanol–water partition coefficient (Wildman–Crippen LogP) is 2.32. The summed E-state index contributed by atoms with van der Waals surface area (Å²) in [6, 6.07) is 4.79. The zero-order valence-corrected chi connectivity index (χ0v) is 12.8. The van der Waals surface area contributed by atoms with Crippen LogP contribution in [0.3, 0.4) is 0 Å². The van der Waals surface area contributed by atoms with E-state index in [0.29, 0.717) is 18.0 Å². The van der Waals surface area contributed by atoms with Gasteiger partial charge in [0.1, 0.15) is 10.8 Å². The van der Waals surface area contributed by atoms with Gasteiger partial charge < -0.3 is 10.5 Å². The summed E-state index contributed by atoms with van der Waals surface area (Å²) in [5.74, 6) is 0.273. The molecular formula is C15H21FN2OS. The van der Waals surface area contributed by atoms with Crippen LogP contribution in [-0.4, -0.2) is 36.2 Å². The summed E-state index contributed by atoms with van der Waals surface area (Å²) >= 11 is 4.92. The van der Waals surface area contributed by atoms with E-state index in [-0.39, 0.29) is 16.9 Å². The summed E-state index contributed by atoms with van der Waals surface area (Å²) in [5.41, 5.74) is 7.06. The fraction of sp³-hybridized carbons (Fsp3) is 0.533. The Balaban J connectivity index is 2.08. The van der Waals surface area contributed by atoms with Crippen LogP contribution >= 0.6 is 12.2 Å². The number of nitrogens with two attached hydrogens (primary N) is 1. The lowest BCUT2D eigenvalue weighted by molar-refractivity contribution is -0.00746. The van der Waals surface area contributed by atoms with Crippen LogP contribution in [0.25, 0.3) is 0 Å². The number of rotatable bonds is 4. The Morgan fingerprint density at radius 3 is 2.90 bits per heavy atom. The highest BCUT2D eigenvalue weighted by Gasteiger charge is 2.25. The molecule has 0 bridgehead atoms. The molecule has 0 spiro atoms. The fourth-order valence-corrected chi connectivity index (χ4v) is 2.81. The van der Waals surface area contributed by atoms with Crippen molar-refractivity contribution in [3.8, 4) is 0 Å². The molecule has 1 saturated heterocycles. The number of halogens is 1. The van der Waals surface area contributed by atoms with E-state index < -0.39 is 0 Å². The number of benzene rings is 1. The van der Waals surface area contributed by atoms with Gasteiger partial charge >= 0.3 is 0 Å². The first-order valence-corrected chi connectivity index (χ1v) is 7.25. The van der Waals surface area contributed by atoms with Crippen molar-refractivity contribution in [1.82, 2.24) is 4.90 Å². The second-order valence-corrected chi connectivity index (χ2v) is 5.93. The first kappa shape index (κ1) is 15.4. The molecule has 5 heteroatoms. The third kappa shape index (κ3) is 3.75. The van der Waals surface area contributed by atoms with Crippen molar-refractivity contribution in [2.75, 3.05) is 20.2 Å². The largest absolute Gasteiger partial charge is 0.389 e. The molecule has 1 aromatic rings. The number of likely N-dealkylation sites (tertiary alicyclic amines) is 1. The molecule has 0 aromatic heterocycles. The molecule has 3 nitrogen and oxygen atoms in total. The number of nitrogens with zero attached hydrogens (tertiary/aromatic N) is 1. The van der Waals surface area contributed by atoms with Crippen molar-refractivity contribution in [1.29, 1.82) is 0 Å². The molecule has 2 N–H and O–H groups in total. The SMILES string of the molecule is COC1CN(Cc2cc(F)cc(C(N)=S)c2)CCC1C. The molecule has 2 rings (SSSR count). The summed E-state index contributed by atoms with van der Waals surface area (Å²) in [5, 5.41) is 0. The molecule has 1 fully saturated rings. The topological polar surface area (TPSA) is 38.5 Å². The van der Waals surface area contributed by atoms with E-state index in [1.165, 1.54) is 6.07 Å². The van der Waals surface area contributed by atoms with Gasteiger partial charge in [0, 0.05) is 25.8 Å². The van der Waals surface area contributed by atoms with Crippen LogP contribution in [0.2, 0.25) is 0 Å². The molecule has 1 aliphatic rings. The van der Waals surface area contributed by atoms with Crippen molar-refractivity contribution < 1.29 is 9.13 Å². The van der Waals surface area contributed by atoms with Gasteiger partial charge in [-0.3, -0.25) is 4.90 Å². The minimum absolute atomic E-state index is 0.229. The highest BCUT2D eigenvalue weighted by Crippen LogP contribution is 2.21. The van der Waals surface area contributed by atoms with Crippen LogP contribution in [0.1, 0.15) is 24.5 Å². The Labute approximate surface area is 124 Å². The van der Waals surface area contributed by atoms with Crippen molar-refractivity contribution in [2.45, 2.75) is 26.0 Å². The maximum absolute atomic E-state index is 13.6. The van der Waals surface area contributed by atoms with Crippen LogP contribution in [0.15, 0.2) is 18.2 Å². The zero-order valence-electron chi connectivity index (χ0n) is 11.9. The first-order chi connectivity index (χ1) is 9.49. The van der Waals surface area contributed by atoms with Crippen molar-refractivity contribution in [3.63, 3.8) is 0 Å². The Hall–Kier alpha value is -1.04. The number of thiocarbonyl (C=S) groups is 1. The molecule has 1 aliphatic heterocycles. The molecule has 0 aliphatic carbocycles. The summed E-state index contributed by atoms with van der Waals surface area (Å²) in [6.07, 6.45) is 1.34. The van der Waals surface area contributed by atoms with Gasteiger partial charge in [0.25, 0.3) is 0 Å². The van der Waals surface area contributed by atoms with Crippen LogP contribution < -0.4 is 5.73 Å². The van der Waals surface area contributed by atoms with Gasteiger partial charge in [0.05, 0.1) is 6.10 Å². The molecule has 110 valence electrons. The van der Waals surface area contributed by atoms with Gasteiger partial charge in [-0.25, -0.2) is 4.39 Å². The monoisotopic (exact) mass is 296 g/mol. The zero-order chi connectivity index (χ0) is 14.7. The molecule has 0 saturated carbocycles. The van der Waals surface area contributed by atoms with Crippen molar-refractivity contribution >= 4 is 17.2 Å². The average Bonchev–Trinajstić information content (AvgIpc) is 2.40. The van der Waals surface area contributed by atoms with E-state index in [9.17, 15) is 4.39 Å². The van der Waals surface area contributed by atoms with E-state index in [1.54, 1.807) is 13.2 Å². The minimum atomic E-state index is -0.293. The van der Waals surface area contributed by atoms with E-state index in [1.807, 2.05) is 6.07 Å². The van der Waals surface area contributed by atoms with Gasteiger partial charge in [-0.2, -0.15) is 0 Å². The average molecular weight is 296 g/mol. The summed E-state index contributed by atoms with van der Waals surface area (Å²) in [6.45, 7) is 4.77. The lowest BCUT2D eigenvalue weighted by Crippen LogP contribution is -2.43. The number of hydrogen-bond acceptors (Lipinski definition) is 3. The molecule has 20 heavy (non-hydrogen) atoms. The lowest BCUT2D eigenvalue weighted by atomic mass is 9.95. The molecular weight excluding hydrogens is 275 g/mol. The van der Waals surface area contributed by atoms with Gasteiger partial charge in [-0.1, -0.05) is 19.1 Å². The molecule has 2 unspecified atom stereocenters. The highest BCUT2D eigenvalue weighted by molar-refractivity contribution is 7.80. The maximum Gasteiger partial charge on any atom is 0.124 e. The van der Waals surface area contributed by atoms with Crippen LogP contribution in [-0.2, 0) is 11.3 Å². The predicted molar refractivity (Wildman–Crippen MR) is 82.1 cm³/mol. The smallest absolute Gasteiger partial charge is 0.124 e. The summed E-state index contributed by atoms with van der Waals surface area (Å²) in [7, 11) is 1.75. The van der Waals surface area contributed by atoms with E-state index >= 15 is 0 Å². The number of methoxy groups -OCH3 is 1. The minimum Gasteiger partial charge on any atom is -0.389 e. The first-order valence-electron chi connectivity index (χ1n) is 6.84. The number of ether oxygens (including phenoxy) is 1. The van der Waals surface area contributed by atoms with Crippen LogP contribution in [0, 0.1) is 11.7 Å². The molecule has 1 aromatic carbocycles. The number of hydrogen-bond donors (Lipinski definition) is 1. The second-order valence-electron chi connectivity index (χ2n) is 5.49. The fourth-order valence-electron chi connectivity index (χ4n) is 2.69. The normalized spacial score (nSPS) is 23.8. The van der Waals surface area contributed by atoms with Crippen molar-refractivity contribution in [3.05, 3.63) is 35.1 Å². The molecule has 0 radical (unpaired) electrons. The maximum atomic E-state index is 13.6. The molecule has 2 atom stereocenters. The Morgan fingerprint density at radius 2 is 2.25 bits per heavy atom. The van der Waals surface area contributed by atoms with Crippen LogP contribution in [0.5, 0.6) is 0 Å². The number of piperidine rings is 1. The summed E-state index contributed by atoms with van der Waals surface area (Å²) in [4.78, 5) is 2.51. The molecule has 1 heterocycles. The van der Waals surface area contributed by atoms with E-state index in [2.05, 4.69) is 11.8 Å². The van der Waals surface area contributed by atoms with Gasteiger partial charge in [0.2, 0.25) is 0 Å². The standard InChI is InChI=1S/C15H21FN2OS/c1-10-3-4-18(9-14(10)19-2)8-11-5-12(15(17)20)7-13(16)6-11/h5-7,10,14H,3-4,8-9H2,1-2H3,(H2,17,20).